The Bertz CT molecular complexity index is 1720. The molecule has 2 heterocycles. The molecule has 0 spiro atoms. The zero-order valence-corrected chi connectivity index (χ0v) is 24.3. The fourth-order valence-electron chi connectivity index (χ4n) is 7.97. The highest BCUT2D eigenvalue weighted by atomic mass is 35.5. The molecule has 218 valence electrons. The van der Waals surface area contributed by atoms with Gasteiger partial charge in [0.1, 0.15) is 11.5 Å². The largest absolute Gasteiger partial charge is 0.508 e. The van der Waals surface area contributed by atoms with E-state index in [1.54, 1.807) is 54.6 Å². The number of methoxy groups -OCH3 is 1. The maximum atomic E-state index is 14.5. The topological polar surface area (TPSA) is 104 Å². The molecule has 9 heteroatoms. The first-order valence-corrected chi connectivity index (χ1v) is 14.7. The minimum Gasteiger partial charge on any atom is -0.508 e. The lowest BCUT2D eigenvalue weighted by Crippen LogP contribution is -2.49. The van der Waals surface area contributed by atoms with E-state index in [1.165, 1.54) is 29.0 Å². The highest BCUT2D eigenvalue weighted by Crippen LogP contribution is 2.64. The van der Waals surface area contributed by atoms with Gasteiger partial charge in [-0.1, -0.05) is 47.5 Å². The van der Waals surface area contributed by atoms with E-state index in [-0.39, 0.29) is 35.8 Å². The number of anilines is 2. The summed E-state index contributed by atoms with van der Waals surface area (Å²) >= 11 is 6.07. The monoisotopic (exact) mass is 596 g/mol. The number of para-hydroxylation sites is 1. The van der Waals surface area contributed by atoms with Crippen molar-refractivity contribution in [3.8, 4) is 11.5 Å². The number of halogens is 1. The quantitative estimate of drug-likeness (QED) is 0.316. The molecule has 3 aromatic carbocycles. The van der Waals surface area contributed by atoms with Crippen LogP contribution >= 0.6 is 11.6 Å². The van der Waals surface area contributed by atoms with E-state index in [1.807, 2.05) is 19.1 Å². The van der Waals surface area contributed by atoms with Crippen LogP contribution in [0.4, 0.5) is 11.4 Å². The smallest absolute Gasteiger partial charge is 0.241 e. The SMILES string of the molecule is COc1cc(O)ccc1C1C2=CCC3C(=O)N(c4ccc(Cl)cc4)C(=O)C3C2CC2C(=O)N(c3ccccc3)C(=O)C21C. The standard InChI is InChI=1S/C34H29ClN2O6/c1-34-26(31(40)37(33(34)42)19-6-4-3-5-7-19)17-25-22(29(34)23-13-12-21(38)16-27(23)43-2)14-15-24-28(25)32(41)36(30(24)39)20-10-8-18(35)9-11-20/h3-14,16,24-26,28-29,38H,15,17H2,1-2H3. The lowest BCUT2D eigenvalue weighted by molar-refractivity contribution is -0.131. The van der Waals surface area contributed by atoms with Gasteiger partial charge in [-0.3, -0.25) is 24.1 Å². The molecule has 4 amide bonds. The molecule has 6 unspecified atom stereocenters. The summed E-state index contributed by atoms with van der Waals surface area (Å²) in [6, 6.07) is 20.2. The fourth-order valence-corrected chi connectivity index (χ4v) is 8.09. The minimum absolute atomic E-state index is 0.00209. The van der Waals surface area contributed by atoms with Crippen molar-refractivity contribution in [2.24, 2.45) is 29.1 Å². The summed E-state index contributed by atoms with van der Waals surface area (Å²) in [6.07, 6.45) is 2.57. The Labute approximate surface area is 253 Å². The number of phenols is 1. The van der Waals surface area contributed by atoms with Gasteiger partial charge in [-0.05, 0) is 68.1 Å². The Hall–Kier alpha value is -4.43. The molecule has 0 radical (unpaired) electrons. The zero-order valence-electron chi connectivity index (χ0n) is 23.6. The van der Waals surface area contributed by atoms with Crippen molar-refractivity contribution in [2.45, 2.75) is 25.7 Å². The molecule has 2 aliphatic heterocycles. The number of phenolic OH excluding ortho intramolecular Hbond substituents is 1. The molecule has 2 saturated heterocycles. The molecular weight excluding hydrogens is 568 g/mol. The summed E-state index contributed by atoms with van der Waals surface area (Å²) in [5.41, 5.74) is 1.23. The number of benzene rings is 3. The van der Waals surface area contributed by atoms with E-state index in [2.05, 4.69) is 0 Å². The van der Waals surface area contributed by atoms with Gasteiger partial charge in [-0.15, -0.1) is 0 Å². The summed E-state index contributed by atoms with van der Waals surface area (Å²) < 4.78 is 5.70. The summed E-state index contributed by atoms with van der Waals surface area (Å²) in [5, 5.41) is 10.8. The normalized spacial score (nSPS) is 29.7. The number of nitrogens with zero attached hydrogens (tertiary/aromatic N) is 2. The van der Waals surface area contributed by atoms with Gasteiger partial charge in [0, 0.05) is 22.6 Å². The number of fused-ring (bicyclic) bond motifs is 4. The van der Waals surface area contributed by atoms with Crippen LogP contribution in [0, 0.1) is 29.1 Å². The summed E-state index contributed by atoms with van der Waals surface area (Å²) in [7, 11) is 1.49. The second kappa shape index (κ2) is 9.81. The molecular formula is C34H29ClN2O6. The lowest BCUT2D eigenvalue weighted by Gasteiger charge is -2.49. The third-order valence-corrected chi connectivity index (χ3v) is 10.2. The number of amides is 4. The zero-order chi connectivity index (χ0) is 30.2. The van der Waals surface area contributed by atoms with Gasteiger partial charge in [-0.25, -0.2) is 4.90 Å². The molecule has 6 atom stereocenters. The number of allylic oxidation sites excluding steroid dienone is 2. The van der Waals surface area contributed by atoms with Crippen molar-refractivity contribution in [1.82, 2.24) is 0 Å². The molecule has 0 aromatic heterocycles. The number of aromatic hydroxyl groups is 1. The summed E-state index contributed by atoms with van der Waals surface area (Å²) in [4.78, 5) is 59.0. The molecule has 1 saturated carbocycles. The Morgan fingerprint density at radius 3 is 2.26 bits per heavy atom. The number of rotatable bonds is 4. The number of carbonyl (C=O) groups excluding carboxylic acids is 4. The average molecular weight is 597 g/mol. The molecule has 3 aromatic rings. The van der Waals surface area contributed by atoms with Gasteiger partial charge in [-0.2, -0.15) is 0 Å². The maximum absolute atomic E-state index is 14.5. The van der Waals surface area contributed by atoms with Crippen LogP contribution in [-0.4, -0.2) is 35.8 Å². The molecule has 1 N–H and O–H groups in total. The number of carbonyl (C=O) groups is 4. The predicted molar refractivity (Wildman–Crippen MR) is 160 cm³/mol. The van der Waals surface area contributed by atoms with E-state index in [0.29, 0.717) is 34.1 Å². The van der Waals surface area contributed by atoms with Crippen molar-refractivity contribution >= 4 is 46.6 Å². The van der Waals surface area contributed by atoms with Gasteiger partial charge in [0.05, 0.1) is 41.7 Å². The summed E-state index contributed by atoms with van der Waals surface area (Å²) in [6.45, 7) is 1.82. The maximum Gasteiger partial charge on any atom is 0.241 e. The van der Waals surface area contributed by atoms with Crippen LogP contribution in [0.2, 0.25) is 5.02 Å². The Morgan fingerprint density at radius 1 is 0.860 bits per heavy atom. The molecule has 43 heavy (non-hydrogen) atoms. The van der Waals surface area contributed by atoms with E-state index >= 15 is 0 Å². The highest BCUT2D eigenvalue weighted by molar-refractivity contribution is 6.31. The number of ether oxygens (including phenoxy) is 1. The molecule has 7 rings (SSSR count). The fraction of sp³-hybridized carbons (Fsp3) is 0.294. The van der Waals surface area contributed by atoms with Crippen molar-refractivity contribution in [3.63, 3.8) is 0 Å². The first-order valence-electron chi connectivity index (χ1n) is 14.3. The number of imide groups is 2. The van der Waals surface area contributed by atoms with Crippen LogP contribution in [0.1, 0.15) is 31.2 Å². The third-order valence-electron chi connectivity index (χ3n) is 9.90. The van der Waals surface area contributed by atoms with Crippen LogP contribution in [0.5, 0.6) is 11.5 Å². The summed E-state index contributed by atoms with van der Waals surface area (Å²) in [5.74, 6) is -3.98. The van der Waals surface area contributed by atoms with Crippen molar-refractivity contribution < 1.29 is 29.0 Å². The van der Waals surface area contributed by atoms with Gasteiger partial charge < -0.3 is 9.84 Å². The van der Waals surface area contributed by atoms with Crippen LogP contribution in [0.15, 0.2) is 84.4 Å². The van der Waals surface area contributed by atoms with Crippen molar-refractivity contribution in [3.05, 3.63) is 95.0 Å². The van der Waals surface area contributed by atoms with Crippen LogP contribution in [-0.2, 0) is 19.2 Å². The first-order chi connectivity index (χ1) is 20.7. The lowest BCUT2D eigenvalue weighted by atomic mass is 9.51. The van der Waals surface area contributed by atoms with Gasteiger partial charge >= 0.3 is 0 Å². The minimum atomic E-state index is -1.20. The Morgan fingerprint density at radius 2 is 1.56 bits per heavy atom. The van der Waals surface area contributed by atoms with Crippen LogP contribution in [0.3, 0.4) is 0 Å². The number of hydrogen-bond acceptors (Lipinski definition) is 6. The predicted octanol–water partition coefficient (Wildman–Crippen LogP) is 5.49. The van der Waals surface area contributed by atoms with Gasteiger partial charge in [0.15, 0.2) is 0 Å². The van der Waals surface area contributed by atoms with E-state index < -0.39 is 35.0 Å². The Balaban J connectivity index is 1.39. The molecule has 2 aliphatic carbocycles. The van der Waals surface area contributed by atoms with E-state index in [0.717, 1.165) is 5.57 Å². The molecule has 3 fully saturated rings. The van der Waals surface area contributed by atoms with E-state index in [4.69, 9.17) is 16.3 Å². The van der Waals surface area contributed by atoms with Gasteiger partial charge in [0.25, 0.3) is 0 Å². The first kappa shape index (κ1) is 27.4. The van der Waals surface area contributed by atoms with Crippen LogP contribution in [0.25, 0.3) is 0 Å². The van der Waals surface area contributed by atoms with Gasteiger partial charge in [0.2, 0.25) is 23.6 Å². The highest BCUT2D eigenvalue weighted by Gasteiger charge is 2.68. The van der Waals surface area contributed by atoms with Crippen LogP contribution < -0.4 is 14.5 Å². The molecule has 8 nitrogen and oxygen atoms in total. The van der Waals surface area contributed by atoms with E-state index in [9.17, 15) is 24.3 Å². The molecule has 4 aliphatic rings. The third kappa shape index (κ3) is 3.82. The second-order valence-electron chi connectivity index (χ2n) is 11.9. The Kier molecular flexibility index (Phi) is 6.25. The second-order valence-corrected chi connectivity index (χ2v) is 12.3. The average Bonchev–Trinajstić information content (AvgIpc) is 3.38. The molecule has 0 bridgehead atoms. The number of hydrogen-bond donors (Lipinski definition) is 1. The van der Waals surface area contributed by atoms with Crippen molar-refractivity contribution in [1.29, 1.82) is 0 Å². The van der Waals surface area contributed by atoms with Crippen molar-refractivity contribution in [2.75, 3.05) is 16.9 Å².